The maximum atomic E-state index is 13.8. The van der Waals surface area contributed by atoms with Crippen molar-refractivity contribution < 1.29 is 14.3 Å². The van der Waals surface area contributed by atoms with E-state index in [1.54, 1.807) is 0 Å². The summed E-state index contributed by atoms with van der Waals surface area (Å²) >= 11 is 0. The molecule has 2 aliphatic heterocycles. The Hall–Kier alpha value is -5.70. The molecule has 53 heavy (non-hydrogen) atoms. The predicted molar refractivity (Wildman–Crippen MR) is 203 cm³/mol. The largest absolute Gasteiger partial charge is 0.453 e. The van der Waals surface area contributed by atoms with Gasteiger partial charge in [-0.3, -0.25) is 4.79 Å². The molecule has 0 radical (unpaired) electrons. The van der Waals surface area contributed by atoms with Crippen LogP contribution in [0, 0.1) is 17.2 Å². The highest BCUT2D eigenvalue weighted by Crippen LogP contribution is 2.40. The lowest BCUT2D eigenvalue weighted by atomic mass is 9.79. The molecule has 3 aromatic heterocycles. The fourth-order valence-electron chi connectivity index (χ4n) is 8.37. The summed E-state index contributed by atoms with van der Waals surface area (Å²) < 4.78 is 7.03. The van der Waals surface area contributed by atoms with Crippen molar-refractivity contribution in [3.05, 3.63) is 108 Å². The molecule has 0 bridgehead atoms. The van der Waals surface area contributed by atoms with Gasteiger partial charge in [-0.2, -0.15) is 5.26 Å². The van der Waals surface area contributed by atoms with E-state index in [4.69, 9.17) is 9.72 Å². The number of fused-ring (bicyclic) bond motifs is 1. The van der Waals surface area contributed by atoms with Crippen LogP contribution in [0.2, 0.25) is 0 Å². The SMILES string of the molecule is COC(=O)N[C@H]1CCc2ccn3c2C1C(=O)C[C@H](c1ncc(-c2ccc(-c4ccc5cc(-c6cnc([C@@H]7C[C@H](C#N)CN7)[nH]6)ccc5c4)cc2)[nH]1)C3.Cl. The lowest BCUT2D eigenvalue weighted by molar-refractivity contribution is -0.121. The molecule has 9 rings (SSSR count). The van der Waals surface area contributed by atoms with E-state index in [1.807, 2.05) is 12.4 Å². The predicted octanol–water partition coefficient (Wildman–Crippen LogP) is 7.20. The quantitative estimate of drug-likeness (QED) is 0.142. The van der Waals surface area contributed by atoms with Gasteiger partial charge in [-0.1, -0.05) is 48.5 Å². The highest BCUT2D eigenvalue weighted by atomic mass is 35.5. The van der Waals surface area contributed by atoms with Gasteiger partial charge in [-0.25, -0.2) is 14.8 Å². The lowest BCUT2D eigenvalue weighted by Crippen LogP contribution is -2.44. The number of Topliss-reactive ketones (excluding diaryl/α,β-unsaturated/α-hetero) is 1. The number of halogens is 1. The van der Waals surface area contributed by atoms with Crippen molar-refractivity contribution >= 4 is 35.1 Å². The van der Waals surface area contributed by atoms with Crippen molar-refractivity contribution in [3.8, 4) is 39.7 Å². The number of imidazole rings is 2. The van der Waals surface area contributed by atoms with E-state index in [0.29, 0.717) is 25.9 Å². The van der Waals surface area contributed by atoms with Gasteiger partial charge < -0.3 is 29.9 Å². The van der Waals surface area contributed by atoms with Crippen molar-refractivity contribution in [3.63, 3.8) is 0 Å². The number of alkyl carbamates (subject to hydrolysis) is 1. The number of nitrogens with zero attached hydrogens (tertiary/aromatic N) is 4. The minimum Gasteiger partial charge on any atom is -0.453 e. The number of H-pyrrole nitrogens is 2. The molecule has 5 heterocycles. The zero-order chi connectivity index (χ0) is 35.3. The second-order valence-electron chi connectivity index (χ2n) is 14.2. The van der Waals surface area contributed by atoms with Crippen molar-refractivity contribution in [2.24, 2.45) is 5.92 Å². The summed E-state index contributed by atoms with van der Waals surface area (Å²) in [6, 6.07) is 25.7. The first-order chi connectivity index (χ1) is 25.4. The van der Waals surface area contributed by atoms with Crippen LogP contribution < -0.4 is 10.6 Å². The number of rotatable bonds is 6. The third-order valence-electron chi connectivity index (χ3n) is 11.1. The van der Waals surface area contributed by atoms with E-state index in [-0.39, 0.29) is 42.1 Å². The summed E-state index contributed by atoms with van der Waals surface area (Å²) in [6.45, 7) is 1.34. The highest BCUT2D eigenvalue weighted by Gasteiger charge is 2.41. The number of hydrogen-bond donors (Lipinski definition) is 4. The summed E-state index contributed by atoms with van der Waals surface area (Å²) in [7, 11) is 1.35. The van der Waals surface area contributed by atoms with Gasteiger partial charge in [-0.05, 0) is 70.5 Å². The zero-order valence-electron chi connectivity index (χ0n) is 29.1. The number of amides is 1. The van der Waals surface area contributed by atoms with Crippen LogP contribution in [-0.4, -0.2) is 56.1 Å². The van der Waals surface area contributed by atoms with Crippen LogP contribution in [0.1, 0.15) is 60.0 Å². The number of aromatic nitrogens is 5. The fourth-order valence-corrected chi connectivity index (χ4v) is 8.37. The van der Waals surface area contributed by atoms with Gasteiger partial charge in [0.2, 0.25) is 0 Å². The molecule has 1 aliphatic carbocycles. The van der Waals surface area contributed by atoms with Crippen LogP contribution in [0.3, 0.4) is 0 Å². The van der Waals surface area contributed by atoms with Crippen LogP contribution in [0.25, 0.3) is 44.4 Å². The molecule has 268 valence electrons. The second-order valence-corrected chi connectivity index (χ2v) is 14.2. The Kier molecular flexibility index (Phi) is 9.10. The first kappa shape index (κ1) is 34.4. The molecule has 0 spiro atoms. The van der Waals surface area contributed by atoms with Crippen molar-refractivity contribution in [2.45, 2.75) is 56.1 Å². The van der Waals surface area contributed by atoms with Crippen molar-refractivity contribution in [1.29, 1.82) is 5.26 Å². The maximum absolute atomic E-state index is 13.8. The minimum absolute atomic E-state index is 0. The first-order valence-electron chi connectivity index (χ1n) is 17.9. The van der Waals surface area contributed by atoms with Gasteiger partial charge in [0.15, 0.2) is 0 Å². The molecule has 6 aromatic rings. The van der Waals surface area contributed by atoms with Gasteiger partial charge in [0.25, 0.3) is 0 Å². The number of aromatic amines is 2. The fraction of sp³-hybridized carbons (Fsp3) is 0.293. The van der Waals surface area contributed by atoms with E-state index in [9.17, 15) is 14.9 Å². The van der Waals surface area contributed by atoms with Gasteiger partial charge in [-0.15, -0.1) is 12.4 Å². The van der Waals surface area contributed by atoms with Gasteiger partial charge in [0.1, 0.15) is 17.4 Å². The standard InChI is InChI=1S/C41H38N8O3.ClH/c1-52-41(51)48-32-11-10-26-12-13-49-22-31(17-36(50)37(32)38(26)49)39-44-20-34(46-39)25-4-2-24(3-5-25)27-6-7-29-16-30(9-8-28(29)15-27)35-21-45-40(47-35)33-14-23(18-42)19-43-33;/h2-9,12-13,15-16,20-21,23,31-33,37,43H,10-11,14,17,19,22H2,1H3,(H,44,46)(H,45,47)(H,48,51);1H/t23-,31+,32+,33+,37?;/m1./s1. The third kappa shape index (κ3) is 6.38. The molecule has 0 saturated carbocycles. The van der Waals surface area contributed by atoms with Crippen LogP contribution in [0.4, 0.5) is 4.79 Å². The molecule has 1 unspecified atom stereocenters. The topological polar surface area (TPSA) is 154 Å². The van der Waals surface area contributed by atoms with Gasteiger partial charge >= 0.3 is 6.09 Å². The summed E-state index contributed by atoms with van der Waals surface area (Å²) in [5, 5.41) is 17.8. The summed E-state index contributed by atoms with van der Waals surface area (Å²) in [4.78, 5) is 42.2. The van der Waals surface area contributed by atoms with Crippen LogP contribution in [0.5, 0.6) is 0 Å². The van der Waals surface area contributed by atoms with Gasteiger partial charge in [0, 0.05) is 48.9 Å². The third-order valence-corrected chi connectivity index (χ3v) is 11.1. The minimum atomic E-state index is -0.508. The monoisotopic (exact) mass is 726 g/mol. The summed E-state index contributed by atoms with van der Waals surface area (Å²) in [5.74, 6) is 1.29. The number of carbonyl (C=O) groups is 2. The molecule has 5 atom stereocenters. The number of aryl methyl sites for hydroxylation is 1. The van der Waals surface area contributed by atoms with Crippen LogP contribution >= 0.6 is 12.4 Å². The smallest absolute Gasteiger partial charge is 0.407 e. The summed E-state index contributed by atoms with van der Waals surface area (Å²) in [6.07, 6.45) is 7.90. The normalized spacial score (nSPS) is 22.0. The Morgan fingerprint density at radius 2 is 1.60 bits per heavy atom. The Labute approximate surface area is 312 Å². The molecular formula is C41H39ClN8O3. The number of ketones is 1. The number of benzene rings is 3. The number of hydrogen-bond acceptors (Lipinski definition) is 7. The van der Waals surface area contributed by atoms with Crippen molar-refractivity contribution in [2.75, 3.05) is 13.7 Å². The molecule has 4 N–H and O–H groups in total. The average molecular weight is 727 g/mol. The average Bonchev–Trinajstić information content (AvgIpc) is 4.00. The second kappa shape index (κ2) is 14.0. The van der Waals surface area contributed by atoms with Crippen molar-refractivity contribution in [1.82, 2.24) is 35.1 Å². The Morgan fingerprint density at radius 3 is 2.36 bits per heavy atom. The van der Waals surface area contributed by atoms with E-state index >= 15 is 0 Å². The Morgan fingerprint density at radius 1 is 0.925 bits per heavy atom. The molecule has 1 saturated heterocycles. The Balaban J connectivity index is 0.00000400. The van der Waals surface area contributed by atoms with E-state index in [1.165, 1.54) is 12.7 Å². The highest BCUT2D eigenvalue weighted by molar-refractivity contribution is 5.91. The molecule has 11 nitrogen and oxygen atoms in total. The number of nitrogens with one attached hydrogen (secondary N) is 4. The van der Waals surface area contributed by atoms with E-state index < -0.39 is 12.0 Å². The summed E-state index contributed by atoms with van der Waals surface area (Å²) in [5.41, 5.74) is 8.39. The molecule has 12 heteroatoms. The van der Waals surface area contributed by atoms with E-state index in [0.717, 1.165) is 74.6 Å². The molecule has 3 aliphatic rings. The number of carbonyl (C=O) groups excluding carboxylic acids is 2. The number of ether oxygens (including phenoxy) is 1. The first-order valence-corrected chi connectivity index (χ1v) is 17.9. The van der Waals surface area contributed by atoms with Crippen LogP contribution in [0.15, 0.2) is 85.3 Å². The molecular weight excluding hydrogens is 688 g/mol. The van der Waals surface area contributed by atoms with Crippen LogP contribution in [-0.2, 0) is 22.5 Å². The van der Waals surface area contributed by atoms with Gasteiger partial charge in [0.05, 0.1) is 54.8 Å². The van der Waals surface area contributed by atoms with E-state index in [2.05, 4.69) is 109 Å². The Bertz CT molecular complexity index is 2370. The number of nitriles is 1. The molecule has 3 aromatic carbocycles. The zero-order valence-corrected chi connectivity index (χ0v) is 30.0. The maximum Gasteiger partial charge on any atom is 0.407 e. The molecule has 1 fully saturated rings. The molecule has 1 amide bonds. The number of methoxy groups -OCH3 is 1. The lowest BCUT2D eigenvalue weighted by Gasteiger charge is -2.31.